The summed E-state index contributed by atoms with van der Waals surface area (Å²) in [5, 5.41) is 8.86. The molecule has 0 aliphatic rings. The number of anilines is 1. The molecular weight excluding hydrogens is 158 g/mol. The largest absolute Gasteiger partial charge is 0.331 e. The van der Waals surface area contributed by atoms with Crippen molar-refractivity contribution >= 4 is 12.0 Å². The van der Waals surface area contributed by atoms with Crippen LogP contribution in [0.3, 0.4) is 0 Å². The van der Waals surface area contributed by atoms with Crippen molar-refractivity contribution < 1.29 is 4.79 Å². The Kier molecular flexibility index (Phi) is 2.27. The van der Waals surface area contributed by atoms with Gasteiger partial charge in [-0.15, -0.1) is 5.10 Å². The van der Waals surface area contributed by atoms with Crippen molar-refractivity contribution in [1.29, 1.82) is 0 Å². The standard InChI is InChI=1S/C6H11N5O/c1-4-7-5(10-9-4)8-6(12)11(2)3/h1-3H3,(H2,7,8,9,10,12). The van der Waals surface area contributed by atoms with Crippen LogP contribution >= 0.6 is 0 Å². The lowest BCUT2D eigenvalue weighted by Crippen LogP contribution is -2.27. The summed E-state index contributed by atoms with van der Waals surface area (Å²) in [6, 6.07) is -0.242. The molecule has 66 valence electrons. The maximum atomic E-state index is 11.0. The van der Waals surface area contributed by atoms with Crippen LogP contribution in [-0.2, 0) is 0 Å². The summed E-state index contributed by atoms with van der Waals surface area (Å²) < 4.78 is 0. The van der Waals surface area contributed by atoms with E-state index in [1.54, 1.807) is 21.0 Å². The number of hydrogen-bond donors (Lipinski definition) is 2. The third-order valence-corrected chi connectivity index (χ3v) is 1.22. The van der Waals surface area contributed by atoms with Crippen molar-refractivity contribution in [2.24, 2.45) is 0 Å². The van der Waals surface area contributed by atoms with E-state index in [-0.39, 0.29) is 6.03 Å². The molecule has 1 rings (SSSR count). The van der Waals surface area contributed by atoms with Crippen molar-refractivity contribution in [3.8, 4) is 0 Å². The summed E-state index contributed by atoms with van der Waals surface area (Å²) >= 11 is 0. The minimum Gasteiger partial charge on any atom is -0.331 e. The number of nitrogens with one attached hydrogen (secondary N) is 2. The predicted molar refractivity (Wildman–Crippen MR) is 43.8 cm³/mol. The Hall–Kier alpha value is -1.59. The van der Waals surface area contributed by atoms with Crippen molar-refractivity contribution in [3.63, 3.8) is 0 Å². The van der Waals surface area contributed by atoms with Gasteiger partial charge in [-0.05, 0) is 6.92 Å². The van der Waals surface area contributed by atoms with Crippen LogP contribution in [0.2, 0.25) is 0 Å². The summed E-state index contributed by atoms with van der Waals surface area (Å²) in [7, 11) is 3.30. The molecule has 1 aromatic heterocycles. The normalized spacial score (nSPS) is 9.58. The molecule has 2 amide bonds. The highest BCUT2D eigenvalue weighted by Crippen LogP contribution is 1.97. The van der Waals surface area contributed by atoms with E-state index in [0.717, 1.165) is 0 Å². The zero-order chi connectivity index (χ0) is 9.14. The van der Waals surface area contributed by atoms with E-state index < -0.39 is 0 Å². The summed E-state index contributed by atoms with van der Waals surface area (Å²) in [5.41, 5.74) is 0. The maximum Gasteiger partial charge on any atom is 0.323 e. The highest BCUT2D eigenvalue weighted by molar-refractivity contribution is 5.86. The highest BCUT2D eigenvalue weighted by atomic mass is 16.2. The first-order chi connectivity index (χ1) is 5.59. The second-order valence-electron chi connectivity index (χ2n) is 2.57. The van der Waals surface area contributed by atoms with Gasteiger partial charge in [0.2, 0.25) is 5.95 Å². The van der Waals surface area contributed by atoms with E-state index in [9.17, 15) is 4.79 Å². The highest BCUT2D eigenvalue weighted by Gasteiger charge is 2.06. The molecule has 0 bridgehead atoms. The van der Waals surface area contributed by atoms with Crippen molar-refractivity contribution in [2.75, 3.05) is 19.4 Å². The average molecular weight is 169 g/mol. The quantitative estimate of drug-likeness (QED) is 0.631. The van der Waals surface area contributed by atoms with Crippen molar-refractivity contribution in [2.45, 2.75) is 6.92 Å². The monoisotopic (exact) mass is 169 g/mol. The molecule has 6 heteroatoms. The molecule has 6 nitrogen and oxygen atoms in total. The fraction of sp³-hybridized carbons (Fsp3) is 0.500. The molecule has 0 saturated carbocycles. The van der Waals surface area contributed by atoms with E-state index in [2.05, 4.69) is 20.5 Å². The van der Waals surface area contributed by atoms with Gasteiger partial charge in [0.05, 0.1) is 0 Å². The lowest BCUT2D eigenvalue weighted by Gasteiger charge is -2.08. The van der Waals surface area contributed by atoms with Crippen LogP contribution in [0.1, 0.15) is 5.82 Å². The second-order valence-corrected chi connectivity index (χ2v) is 2.57. The van der Waals surface area contributed by atoms with Gasteiger partial charge >= 0.3 is 6.03 Å². The molecular formula is C6H11N5O. The van der Waals surface area contributed by atoms with Crippen LogP contribution in [0, 0.1) is 6.92 Å². The zero-order valence-corrected chi connectivity index (χ0v) is 7.25. The molecule has 0 unspecified atom stereocenters. The van der Waals surface area contributed by atoms with E-state index in [1.165, 1.54) is 4.90 Å². The third-order valence-electron chi connectivity index (χ3n) is 1.22. The summed E-state index contributed by atoms with van der Waals surface area (Å²) in [5.74, 6) is 0.968. The first kappa shape index (κ1) is 8.51. The Bertz CT molecular complexity index is 279. The molecule has 1 aromatic rings. The molecule has 0 fully saturated rings. The molecule has 1 heterocycles. The molecule has 2 N–H and O–H groups in total. The van der Waals surface area contributed by atoms with Gasteiger partial charge < -0.3 is 4.90 Å². The predicted octanol–water partition coefficient (Wildman–Crippen LogP) is 0.207. The van der Waals surface area contributed by atoms with Crippen LogP contribution in [0.15, 0.2) is 0 Å². The Morgan fingerprint density at radius 2 is 2.25 bits per heavy atom. The number of carbonyl (C=O) groups excluding carboxylic acids is 1. The molecule has 0 atom stereocenters. The topological polar surface area (TPSA) is 73.9 Å². The van der Waals surface area contributed by atoms with Crippen LogP contribution < -0.4 is 5.32 Å². The fourth-order valence-corrected chi connectivity index (χ4v) is 0.606. The van der Waals surface area contributed by atoms with Crippen LogP contribution in [0.5, 0.6) is 0 Å². The minimum absolute atomic E-state index is 0.242. The van der Waals surface area contributed by atoms with Crippen LogP contribution in [0.4, 0.5) is 10.7 Å². The zero-order valence-electron chi connectivity index (χ0n) is 7.25. The number of nitrogens with zero attached hydrogens (tertiary/aromatic N) is 3. The van der Waals surface area contributed by atoms with Gasteiger partial charge in [-0.1, -0.05) is 0 Å². The Balaban J connectivity index is 2.58. The number of aromatic amines is 1. The fourth-order valence-electron chi connectivity index (χ4n) is 0.606. The molecule has 0 spiro atoms. The van der Waals surface area contributed by atoms with Gasteiger partial charge in [0.15, 0.2) is 0 Å². The SMILES string of the molecule is Cc1nc(NC(=O)N(C)C)n[nH]1. The smallest absolute Gasteiger partial charge is 0.323 e. The lowest BCUT2D eigenvalue weighted by molar-refractivity contribution is 0.230. The second kappa shape index (κ2) is 3.21. The van der Waals surface area contributed by atoms with Gasteiger partial charge in [0, 0.05) is 14.1 Å². The Morgan fingerprint density at radius 1 is 1.58 bits per heavy atom. The number of aromatic nitrogens is 3. The van der Waals surface area contributed by atoms with Gasteiger partial charge in [-0.25, -0.2) is 4.79 Å². The van der Waals surface area contributed by atoms with Crippen LogP contribution in [-0.4, -0.2) is 40.2 Å². The third kappa shape index (κ3) is 1.94. The van der Waals surface area contributed by atoms with E-state index in [4.69, 9.17) is 0 Å². The average Bonchev–Trinajstić information content (AvgIpc) is 2.35. The number of hydrogen-bond acceptors (Lipinski definition) is 3. The maximum absolute atomic E-state index is 11.0. The number of amides is 2. The number of urea groups is 1. The summed E-state index contributed by atoms with van der Waals surface area (Å²) in [4.78, 5) is 16.4. The lowest BCUT2D eigenvalue weighted by atomic mass is 10.7. The summed E-state index contributed by atoms with van der Waals surface area (Å²) in [6.45, 7) is 1.76. The van der Waals surface area contributed by atoms with Crippen molar-refractivity contribution in [1.82, 2.24) is 20.1 Å². The molecule has 0 radical (unpaired) electrons. The van der Waals surface area contributed by atoms with Gasteiger partial charge in [-0.3, -0.25) is 10.4 Å². The van der Waals surface area contributed by atoms with Gasteiger partial charge in [0.25, 0.3) is 0 Å². The van der Waals surface area contributed by atoms with E-state index in [0.29, 0.717) is 11.8 Å². The van der Waals surface area contributed by atoms with Gasteiger partial charge in [0.1, 0.15) is 5.82 Å². The molecule has 0 aromatic carbocycles. The molecule has 0 aliphatic carbocycles. The number of H-pyrrole nitrogens is 1. The molecule has 12 heavy (non-hydrogen) atoms. The van der Waals surface area contributed by atoms with Crippen molar-refractivity contribution in [3.05, 3.63) is 5.82 Å². The number of aryl methyl sites for hydroxylation is 1. The van der Waals surface area contributed by atoms with Gasteiger partial charge in [-0.2, -0.15) is 4.98 Å². The van der Waals surface area contributed by atoms with Crippen LogP contribution in [0.25, 0.3) is 0 Å². The molecule has 0 aliphatic heterocycles. The Morgan fingerprint density at radius 3 is 2.67 bits per heavy atom. The first-order valence-corrected chi connectivity index (χ1v) is 3.47. The first-order valence-electron chi connectivity index (χ1n) is 3.47. The van der Waals surface area contributed by atoms with E-state index >= 15 is 0 Å². The number of rotatable bonds is 1. The summed E-state index contributed by atoms with van der Waals surface area (Å²) in [6.07, 6.45) is 0. The molecule has 0 saturated heterocycles. The Labute approximate surface area is 70.0 Å². The number of carbonyl (C=O) groups is 1. The minimum atomic E-state index is -0.242. The van der Waals surface area contributed by atoms with E-state index in [1.807, 2.05) is 0 Å².